The molecule has 0 aliphatic carbocycles. The van der Waals surface area contributed by atoms with Crippen LogP contribution in [0.25, 0.3) is 0 Å². The molecule has 2 heterocycles. The molecule has 0 bridgehead atoms. The Morgan fingerprint density at radius 1 is 1.22 bits per heavy atom. The van der Waals surface area contributed by atoms with Crippen LogP contribution < -0.4 is 0 Å². The third-order valence-electron chi connectivity index (χ3n) is 3.33. The lowest BCUT2D eigenvalue weighted by molar-refractivity contribution is 0.0795. The average molecular weight is 305 g/mol. The molecular formula is C14H13BrN2O. The molecule has 2 aliphatic rings. The van der Waals surface area contributed by atoms with Crippen molar-refractivity contribution in [3.8, 4) is 0 Å². The number of rotatable bonds is 1. The van der Waals surface area contributed by atoms with Crippen LogP contribution >= 0.6 is 15.9 Å². The monoisotopic (exact) mass is 304 g/mol. The molecule has 4 heteroatoms. The molecule has 0 radical (unpaired) electrons. The van der Waals surface area contributed by atoms with Gasteiger partial charge in [-0.1, -0.05) is 15.9 Å². The van der Waals surface area contributed by atoms with Crippen molar-refractivity contribution in [3.05, 3.63) is 45.6 Å². The highest BCUT2D eigenvalue weighted by Crippen LogP contribution is 2.26. The van der Waals surface area contributed by atoms with Crippen LogP contribution in [0.2, 0.25) is 0 Å². The number of amides is 1. The van der Waals surface area contributed by atoms with Gasteiger partial charge in [-0.15, -0.1) is 0 Å². The Hall–Kier alpha value is -1.42. The number of carbonyl (C=O) groups is 1. The van der Waals surface area contributed by atoms with Crippen molar-refractivity contribution in [1.82, 2.24) is 4.90 Å². The first-order valence-electron chi connectivity index (χ1n) is 6.02. The van der Waals surface area contributed by atoms with Gasteiger partial charge < -0.3 is 4.90 Å². The van der Waals surface area contributed by atoms with Gasteiger partial charge in [0.25, 0.3) is 5.91 Å². The zero-order valence-electron chi connectivity index (χ0n) is 9.90. The van der Waals surface area contributed by atoms with Crippen LogP contribution in [0.5, 0.6) is 0 Å². The Morgan fingerprint density at radius 2 is 2.00 bits per heavy atom. The van der Waals surface area contributed by atoms with Gasteiger partial charge >= 0.3 is 0 Å². The number of halogens is 1. The molecule has 2 aliphatic heterocycles. The number of hydrogen-bond donors (Lipinski definition) is 0. The molecule has 18 heavy (non-hydrogen) atoms. The number of benzene rings is 1. The van der Waals surface area contributed by atoms with Crippen LogP contribution in [0.15, 0.2) is 45.0 Å². The molecule has 0 N–H and O–H groups in total. The zero-order valence-corrected chi connectivity index (χ0v) is 11.5. The molecule has 3 rings (SSSR count). The topological polar surface area (TPSA) is 32.7 Å². The molecule has 0 saturated carbocycles. The molecule has 0 aromatic heterocycles. The summed E-state index contributed by atoms with van der Waals surface area (Å²) < 4.78 is 0.988. The van der Waals surface area contributed by atoms with E-state index in [0.29, 0.717) is 6.54 Å². The van der Waals surface area contributed by atoms with Crippen molar-refractivity contribution in [2.24, 2.45) is 4.99 Å². The van der Waals surface area contributed by atoms with Gasteiger partial charge in [-0.25, -0.2) is 0 Å². The summed E-state index contributed by atoms with van der Waals surface area (Å²) in [5.41, 5.74) is 3.15. The molecule has 1 aromatic rings. The Labute approximate surface area is 114 Å². The van der Waals surface area contributed by atoms with E-state index in [0.717, 1.165) is 35.1 Å². The first-order chi connectivity index (χ1) is 8.74. The van der Waals surface area contributed by atoms with E-state index in [-0.39, 0.29) is 5.91 Å². The van der Waals surface area contributed by atoms with Crippen LogP contribution in [0, 0.1) is 0 Å². The molecule has 92 valence electrons. The molecule has 0 spiro atoms. The Morgan fingerprint density at radius 3 is 2.72 bits per heavy atom. The van der Waals surface area contributed by atoms with E-state index in [4.69, 9.17) is 0 Å². The second-order valence-electron chi connectivity index (χ2n) is 4.57. The smallest absolute Gasteiger partial charge is 0.254 e. The summed E-state index contributed by atoms with van der Waals surface area (Å²) in [4.78, 5) is 18.6. The molecule has 1 amide bonds. The van der Waals surface area contributed by atoms with Crippen LogP contribution in [0.4, 0.5) is 0 Å². The SMILES string of the molecule is O=C(c1ccc(Br)cc1)N1CC2=C(C1)N=CCC2. The van der Waals surface area contributed by atoms with Crippen molar-refractivity contribution in [1.29, 1.82) is 0 Å². The Kier molecular flexibility index (Phi) is 3.04. The fraction of sp³-hybridized carbons (Fsp3) is 0.286. The standard InChI is InChI=1S/C14H13BrN2O/c15-12-5-3-10(4-6-12)14(18)17-8-11-2-1-7-16-13(11)9-17/h3-7H,1-2,8-9H2. The van der Waals surface area contributed by atoms with Crippen molar-refractivity contribution < 1.29 is 4.79 Å². The third kappa shape index (κ3) is 2.12. The van der Waals surface area contributed by atoms with E-state index in [1.54, 1.807) is 0 Å². The molecule has 0 atom stereocenters. The summed E-state index contributed by atoms with van der Waals surface area (Å²) in [5.74, 6) is 0.0899. The lowest BCUT2D eigenvalue weighted by atomic mass is 10.1. The highest BCUT2D eigenvalue weighted by Gasteiger charge is 2.26. The van der Waals surface area contributed by atoms with Crippen molar-refractivity contribution >= 4 is 28.1 Å². The van der Waals surface area contributed by atoms with E-state index >= 15 is 0 Å². The summed E-state index contributed by atoms with van der Waals surface area (Å²) in [6, 6.07) is 7.50. The summed E-state index contributed by atoms with van der Waals surface area (Å²) in [6.07, 6.45) is 3.99. The molecule has 0 fully saturated rings. The molecule has 3 nitrogen and oxygen atoms in total. The predicted molar refractivity (Wildman–Crippen MR) is 74.8 cm³/mol. The second-order valence-corrected chi connectivity index (χ2v) is 5.48. The maximum Gasteiger partial charge on any atom is 0.254 e. The van der Waals surface area contributed by atoms with Gasteiger partial charge in [0.2, 0.25) is 0 Å². The van der Waals surface area contributed by atoms with E-state index in [1.807, 2.05) is 35.4 Å². The summed E-state index contributed by atoms with van der Waals surface area (Å²) in [6.45, 7) is 1.39. The number of aliphatic imine (C=N–C) groups is 1. The lowest BCUT2D eigenvalue weighted by Gasteiger charge is -2.16. The first kappa shape index (κ1) is 11.7. The van der Waals surface area contributed by atoms with Crippen LogP contribution in [-0.4, -0.2) is 30.1 Å². The van der Waals surface area contributed by atoms with Gasteiger partial charge in [0.05, 0.1) is 12.2 Å². The minimum absolute atomic E-state index is 0.0899. The van der Waals surface area contributed by atoms with E-state index in [2.05, 4.69) is 20.9 Å². The number of hydrogen-bond acceptors (Lipinski definition) is 2. The normalized spacial score (nSPS) is 18.2. The van der Waals surface area contributed by atoms with Gasteiger partial charge in [-0.3, -0.25) is 9.79 Å². The van der Waals surface area contributed by atoms with Crippen molar-refractivity contribution in [2.75, 3.05) is 13.1 Å². The van der Waals surface area contributed by atoms with Crippen LogP contribution in [-0.2, 0) is 0 Å². The van der Waals surface area contributed by atoms with Crippen LogP contribution in [0.3, 0.4) is 0 Å². The lowest BCUT2D eigenvalue weighted by Crippen LogP contribution is -2.29. The molecular weight excluding hydrogens is 292 g/mol. The van der Waals surface area contributed by atoms with Crippen molar-refractivity contribution in [2.45, 2.75) is 12.8 Å². The van der Waals surface area contributed by atoms with Gasteiger partial charge in [-0.05, 0) is 42.7 Å². The van der Waals surface area contributed by atoms with Gasteiger partial charge in [0.1, 0.15) is 0 Å². The zero-order chi connectivity index (χ0) is 12.5. The predicted octanol–water partition coefficient (Wildman–Crippen LogP) is 3.02. The minimum Gasteiger partial charge on any atom is -0.329 e. The average Bonchev–Trinajstić information content (AvgIpc) is 2.82. The van der Waals surface area contributed by atoms with E-state index in [9.17, 15) is 4.79 Å². The first-order valence-corrected chi connectivity index (χ1v) is 6.81. The number of carbonyl (C=O) groups excluding carboxylic acids is 1. The molecule has 0 unspecified atom stereocenters. The summed E-state index contributed by atoms with van der Waals surface area (Å²) in [5, 5.41) is 0. The van der Waals surface area contributed by atoms with E-state index < -0.39 is 0 Å². The maximum absolute atomic E-state index is 12.3. The fourth-order valence-corrected chi connectivity index (χ4v) is 2.62. The summed E-state index contributed by atoms with van der Waals surface area (Å²) in [7, 11) is 0. The van der Waals surface area contributed by atoms with Gasteiger partial charge in [0.15, 0.2) is 0 Å². The van der Waals surface area contributed by atoms with Gasteiger partial charge in [0, 0.05) is 22.8 Å². The quantitative estimate of drug-likeness (QED) is 0.785. The Bertz CT molecular complexity index is 545. The third-order valence-corrected chi connectivity index (χ3v) is 3.86. The maximum atomic E-state index is 12.3. The van der Waals surface area contributed by atoms with Gasteiger partial charge in [-0.2, -0.15) is 0 Å². The summed E-state index contributed by atoms with van der Waals surface area (Å²) >= 11 is 3.38. The fourth-order valence-electron chi connectivity index (χ4n) is 2.36. The highest BCUT2D eigenvalue weighted by molar-refractivity contribution is 9.10. The molecule has 1 aromatic carbocycles. The largest absolute Gasteiger partial charge is 0.329 e. The van der Waals surface area contributed by atoms with Crippen molar-refractivity contribution in [3.63, 3.8) is 0 Å². The Balaban J connectivity index is 1.76. The minimum atomic E-state index is 0.0899. The van der Waals surface area contributed by atoms with Crippen LogP contribution in [0.1, 0.15) is 23.2 Å². The number of nitrogens with zero attached hydrogens (tertiary/aromatic N) is 2. The highest BCUT2D eigenvalue weighted by atomic mass is 79.9. The van der Waals surface area contributed by atoms with E-state index in [1.165, 1.54) is 5.57 Å². The molecule has 0 saturated heterocycles. The second kappa shape index (κ2) is 4.69.